The van der Waals surface area contributed by atoms with Gasteiger partial charge in [-0.05, 0) is 12.1 Å². The van der Waals surface area contributed by atoms with E-state index in [9.17, 15) is 26.4 Å². The lowest BCUT2D eigenvalue weighted by molar-refractivity contribution is -0.274. The lowest BCUT2D eigenvalue weighted by atomic mass is 10.3. The van der Waals surface area contributed by atoms with E-state index in [0.717, 1.165) is 28.6 Å². The fourth-order valence-corrected chi connectivity index (χ4v) is 3.46. The number of ether oxygens (including phenoxy) is 1. The fourth-order valence-electron chi connectivity index (χ4n) is 2.30. The van der Waals surface area contributed by atoms with Crippen molar-refractivity contribution in [2.24, 2.45) is 0 Å². The first-order valence-electron chi connectivity index (χ1n) is 7.40. The molecule has 1 aromatic rings. The molecule has 0 aromatic heterocycles. The molecule has 148 valence electrons. The molecule has 1 aliphatic heterocycles. The summed E-state index contributed by atoms with van der Waals surface area (Å²) in [7, 11) is -2.93. The van der Waals surface area contributed by atoms with Crippen LogP contribution in [0.15, 0.2) is 29.2 Å². The molecule has 0 saturated carbocycles. The van der Waals surface area contributed by atoms with Gasteiger partial charge in [-0.15, -0.1) is 25.6 Å². The van der Waals surface area contributed by atoms with Crippen LogP contribution in [-0.2, 0) is 14.8 Å². The quantitative estimate of drug-likeness (QED) is 0.775. The molecule has 1 fully saturated rings. The molecule has 7 nitrogen and oxygen atoms in total. The minimum Gasteiger partial charge on any atom is -0.406 e. The molecule has 1 aromatic carbocycles. The standard InChI is InChI=1S/C14H18F3N3O4S.ClH/c1-19(10-13(21)20-7-5-18-6-8-20)25(22,23)12-4-2-3-11(9-12)24-14(15,16)17;/h2-4,9,18H,5-8,10H2,1H3;1H. The number of piperazine rings is 1. The molecule has 0 atom stereocenters. The maximum Gasteiger partial charge on any atom is 0.573 e. The number of likely N-dealkylation sites (N-methyl/N-ethyl adjacent to an activating group) is 1. The van der Waals surface area contributed by atoms with Gasteiger partial charge in [0.2, 0.25) is 15.9 Å². The summed E-state index contributed by atoms with van der Waals surface area (Å²) < 4.78 is 66.3. The summed E-state index contributed by atoms with van der Waals surface area (Å²) in [5, 5.41) is 3.07. The third-order valence-electron chi connectivity index (χ3n) is 3.57. The molecular formula is C14H19ClF3N3O4S. The summed E-state index contributed by atoms with van der Waals surface area (Å²) in [6.07, 6.45) is -4.92. The van der Waals surface area contributed by atoms with Crippen molar-refractivity contribution in [2.75, 3.05) is 39.8 Å². The summed E-state index contributed by atoms with van der Waals surface area (Å²) in [4.78, 5) is 13.3. The van der Waals surface area contributed by atoms with E-state index in [1.54, 1.807) is 0 Å². The fraction of sp³-hybridized carbons (Fsp3) is 0.500. The van der Waals surface area contributed by atoms with Gasteiger partial charge in [-0.1, -0.05) is 6.07 Å². The van der Waals surface area contributed by atoms with Crippen molar-refractivity contribution in [2.45, 2.75) is 11.3 Å². The Bertz CT molecular complexity index is 724. The maximum absolute atomic E-state index is 12.5. The molecule has 1 aliphatic rings. The monoisotopic (exact) mass is 417 g/mol. The predicted octanol–water partition coefficient (Wildman–Crippen LogP) is 1.06. The van der Waals surface area contributed by atoms with E-state index in [0.29, 0.717) is 26.2 Å². The SMILES string of the molecule is CN(CC(=O)N1CCNCC1)S(=O)(=O)c1cccc(OC(F)(F)F)c1.Cl. The van der Waals surface area contributed by atoms with Crippen molar-refractivity contribution in [1.29, 1.82) is 0 Å². The number of hydrogen-bond acceptors (Lipinski definition) is 5. The minimum atomic E-state index is -4.92. The number of amides is 1. The summed E-state index contributed by atoms with van der Waals surface area (Å²) in [5.74, 6) is -1.01. The Morgan fingerprint density at radius 3 is 2.50 bits per heavy atom. The van der Waals surface area contributed by atoms with Gasteiger partial charge in [-0.3, -0.25) is 4.79 Å². The Balaban J connectivity index is 0.00000338. The van der Waals surface area contributed by atoms with Gasteiger partial charge in [0.15, 0.2) is 0 Å². The molecular weight excluding hydrogens is 399 g/mol. The highest BCUT2D eigenvalue weighted by Crippen LogP contribution is 2.26. The third kappa shape index (κ3) is 6.01. The van der Waals surface area contributed by atoms with Crippen molar-refractivity contribution < 1.29 is 31.1 Å². The molecule has 0 spiro atoms. The summed E-state index contributed by atoms with van der Waals surface area (Å²) in [6.45, 7) is 1.80. The van der Waals surface area contributed by atoms with Crippen molar-refractivity contribution >= 4 is 28.3 Å². The molecule has 1 N–H and O–H groups in total. The Labute approximate surface area is 155 Å². The van der Waals surface area contributed by atoms with Crippen LogP contribution >= 0.6 is 12.4 Å². The largest absolute Gasteiger partial charge is 0.573 e. The number of nitrogens with zero attached hydrogens (tertiary/aromatic N) is 2. The highest BCUT2D eigenvalue weighted by molar-refractivity contribution is 7.89. The third-order valence-corrected chi connectivity index (χ3v) is 5.37. The van der Waals surface area contributed by atoms with Crippen LogP contribution in [0.25, 0.3) is 0 Å². The second kappa shape index (κ2) is 8.89. The first-order chi connectivity index (χ1) is 11.6. The Morgan fingerprint density at radius 1 is 1.31 bits per heavy atom. The number of alkyl halides is 3. The smallest absolute Gasteiger partial charge is 0.406 e. The van der Waals surface area contributed by atoms with Crippen molar-refractivity contribution in [3.63, 3.8) is 0 Å². The summed E-state index contributed by atoms with van der Waals surface area (Å²) >= 11 is 0. The van der Waals surface area contributed by atoms with E-state index in [2.05, 4.69) is 10.1 Å². The van der Waals surface area contributed by atoms with Crippen molar-refractivity contribution in [1.82, 2.24) is 14.5 Å². The molecule has 0 unspecified atom stereocenters. The zero-order valence-corrected chi connectivity index (χ0v) is 15.5. The van der Waals surface area contributed by atoms with Gasteiger partial charge in [-0.2, -0.15) is 4.31 Å². The molecule has 0 aliphatic carbocycles. The van der Waals surface area contributed by atoms with E-state index < -0.39 is 28.7 Å². The van der Waals surface area contributed by atoms with Gasteiger partial charge >= 0.3 is 6.36 Å². The molecule has 1 amide bonds. The average molecular weight is 418 g/mol. The number of sulfonamides is 1. The predicted molar refractivity (Wildman–Crippen MR) is 89.6 cm³/mol. The van der Waals surface area contributed by atoms with Gasteiger partial charge in [0, 0.05) is 39.3 Å². The molecule has 2 rings (SSSR count). The number of nitrogens with one attached hydrogen (secondary N) is 1. The Hall–Kier alpha value is -1.56. The maximum atomic E-state index is 12.5. The van der Waals surface area contributed by atoms with Crippen molar-refractivity contribution in [3.8, 4) is 5.75 Å². The average Bonchev–Trinajstić information content (AvgIpc) is 2.54. The second-order valence-corrected chi connectivity index (χ2v) is 7.46. The molecule has 12 heteroatoms. The van der Waals surface area contributed by atoms with Crippen LogP contribution in [0.3, 0.4) is 0 Å². The van der Waals surface area contributed by atoms with Crippen LogP contribution in [0.5, 0.6) is 5.75 Å². The summed E-state index contributed by atoms with van der Waals surface area (Å²) in [5.41, 5.74) is 0. The van der Waals surface area contributed by atoms with Gasteiger partial charge in [0.1, 0.15) is 5.75 Å². The van der Waals surface area contributed by atoms with Gasteiger partial charge < -0.3 is 15.0 Å². The van der Waals surface area contributed by atoms with Gasteiger partial charge in [0.05, 0.1) is 11.4 Å². The first kappa shape index (κ1) is 22.5. The van der Waals surface area contributed by atoms with E-state index in [-0.39, 0.29) is 23.2 Å². The normalized spacial score (nSPS) is 15.5. The highest BCUT2D eigenvalue weighted by Gasteiger charge is 2.32. The van der Waals surface area contributed by atoms with E-state index in [1.165, 1.54) is 11.9 Å². The minimum absolute atomic E-state index is 0. The Morgan fingerprint density at radius 2 is 1.92 bits per heavy atom. The van der Waals surface area contributed by atoms with E-state index in [4.69, 9.17) is 0 Å². The van der Waals surface area contributed by atoms with Crippen LogP contribution in [0.1, 0.15) is 0 Å². The molecule has 1 heterocycles. The van der Waals surface area contributed by atoms with Gasteiger partial charge in [-0.25, -0.2) is 8.42 Å². The lowest BCUT2D eigenvalue weighted by Crippen LogP contribution is -2.49. The number of benzene rings is 1. The van der Waals surface area contributed by atoms with Crippen LogP contribution in [-0.4, -0.2) is 69.7 Å². The number of carbonyl (C=O) groups is 1. The number of hydrogen-bond donors (Lipinski definition) is 1. The van der Waals surface area contributed by atoms with Crippen LogP contribution in [0, 0.1) is 0 Å². The van der Waals surface area contributed by atoms with Gasteiger partial charge in [0.25, 0.3) is 0 Å². The topological polar surface area (TPSA) is 79.0 Å². The zero-order chi connectivity index (χ0) is 18.7. The molecule has 26 heavy (non-hydrogen) atoms. The highest BCUT2D eigenvalue weighted by atomic mass is 35.5. The van der Waals surface area contributed by atoms with E-state index in [1.807, 2.05) is 0 Å². The van der Waals surface area contributed by atoms with Crippen molar-refractivity contribution in [3.05, 3.63) is 24.3 Å². The Kier molecular flexibility index (Phi) is 7.69. The summed E-state index contributed by atoms with van der Waals surface area (Å²) in [6, 6.07) is 4.05. The molecule has 0 bridgehead atoms. The van der Waals surface area contributed by atoms with Crippen LogP contribution < -0.4 is 10.1 Å². The molecule has 1 saturated heterocycles. The number of rotatable bonds is 5. The number of halogens is 4. The van der Waals surface area contributed by atoms with Crippen LogP contribution in [0.4, 0.5) is 13.2 Å². The lowest BCUT2D eigenvalue weighted by Gasteiger charge is -2.29. The first-order valence-corrected chi connectivity index (χ1v) is 8.84. The second-order valence-electron chi connectivity index (χ2n) is 5.41. The number of carbonyl (C=O) groups excluding carboxylic acids is 1. The zero-order valence-electron chi connectivity index (χ0n) is 13.8. The van der Waals surface area contributed by atoms with Crippen LogP contribution in [0.2, 0.25) is 0 Å². The van der Waals surface area contributed by atoms with E-state index >= 15 is 0 Å². The molecule has 0 radical (unpaired) electrons.